The van der Waals surface area contributed by atoms with Crippen LogP contribution in [-0.2, 0) is 15.7 Å². The van der Waals surface area contributed by atoms with Crippen molar-refractivity contribution in [1.82, 2.24) is 0 Å². The Morgan fingerprint density at radius 3 is 2.71 bits per heavy atom. The molecule has 0 N–H and O–H groups in total. The normalized spacial score (nSPS) is 23.9. The third-order valence-electron chi connectivity index (χ3n) is 2.45. The molecule has 1 aromatic carbocycles. The standard InChI is InChI=1S/C12H9F3O2/c13-12(14,15)9-4-1-3-8(7-9)11-10(17-11)5-2-6-16/h1-7,10-11H/b5-2+/t10-,11-/m1/s1. The van der Waals surface area contributed by atoms with Crippen LogP contribution in [0.25, 0.3) is 0 Å². The number of benzene rings is 1. The number of halogens is 3. The lowest BCUT2D eigenvalue weighted by Gasteiger charge is -2.07. The minimum atomic E-state index is -4.35. The largest absolute Gasteiger partial charge is 0.416 e. The molecule has 1 heterocycles. The van der Waals surface area contributed by atoms with Crippen molar-refractivity contribution in [3.05, 3.63) is 47.5 Å². The first-order chi connectivity index (χ1) is 8.02. The summed E-state index contributed by atoms with van der Waals surface area (Å²) < 4.78 is 42.5. The number of carbonyl (C=O) groups excluding carboxylic acids is 1. The van der Waals surface area contributed by atoms with Crippen LogP contribution in [0.2, 0.25) is 0 Å². The van der Waals surface area contributed by atoms with E-state index < -0.39 is 11.7 Å². The Bertz CT molecular complexity index is 451. The smallest absolute Gasteiger partial charge is 0.360 e. The minimum Gasteiger partial charge on any atom is -0.360 e. The molecule has 1 saturated heterocycles. The molecule has 0 radical (unpaired) electrons. The molecule has 0 bridgehead atoms. The Morgan fingerprint density at radius 2 is 2.06 bits per heavy atom. The maximum Gasteiger partial charge on any atom is 0.416 e. The van der Waals surface area contributed by atoms with E-state index in [1.165, 1.54) is 18.2 Å². The fraction of sp³-hybridized carbons (Fsp3) is 0.250. The van der Waals surface area contributed by atoms with E-state index >= 15 is 0 Å². The minimum absolute atomic E-state index is 0.302. The van der Waals surface area contributed by atoms with Crippen molar-refractivity contribution in [3.8, 4) is 0 Å². The number of epoxide rings is 1. The van der Waals surface area contributed by atoms with Gasteiger partial charge in [-0.25, -0.2) is 0 Å². The van der Waals surface area contributed by atoms with Crippen molar-refractivity contribution >= 4 is 6.29 Å². The number of rotatable bonds is 3. The number of hydrogen-bond donors (Lipinski definition) is 0. The molecule has 0 aliphatic carbocycles. The molecule has 1 aromatic rings. The molecule has 5 heteroatoms. The second-order valence-electron chi connectivity index (χ2n) is 3.67. The van der Waals surface area contributed by atoms with E-state index in [9.17, 15) is 18.0 Å². The van der Waals surface area contributed by atoms with Crippen LogP contribution in [0.5, 0.6) is 0 Å². The van der Waals surface area contributed by atoms with Crippen LogP contribution in [0.4, 0.5) is 13.2 Å². The Labute approximate surface area is 95.7 Å². The van der Waals surface area contributed by atoms with Gasteiger partial charge < -0.3 is 4.74 Å². The number of hydrogen-bond acceptors (Lipinski definition) is 2. The van der Waals surface area contributed by atoms with Crippen molar-refractivity contribution in [1.29, 1.82) is 0 Å². The van der Waals surface area contributed by atoms with Crippen molar-refractivity contribution in [2.75, 3.05) is 0 Å². The topological polar surface area (TPSA) is 29.6 Å². The molecule has 90 valence electrons. The van der Waals surface area contributed by atoms with Crippen LogP contribution in [0.15, 0.2) is 36.4 Å². The number of allylic oxidation sites excluding steroid dienone is 1. The third kappa shape index (κ3) is 2.74. The highest BCUT2D eigenvalue weighted by atomic mass is 19.4. The fourth-order valence-electron chi connectivity index (χ4n) is 1.59. The van der Waals surface area contributed by atoms with E-state index in [0.29, 0.717) is 11.8 Å². The van der Waals surface area contributed by atoms with Crippen molar-refractivity contribution in [2.24, 2.45) is 0 Å². The van der Waals surface area contributed by atoms with Gasteiger partial charge in [0, 0.05) is 0 Å². The number of ether oxygens (including phenoxy) is 1. The van der Waals surface area contributed by atoms with E-state index in [2.05, 4.69) is 0 Å². The molecule has 1 aliphatic rings. The molecular formula is C12H9F3O2. The summed E-state index contributed by atoms with van der Waals surface area (Å²) in [4.78, 5) is 10.1. The number of alkyl halides is 3. The lowest BCUT2D eigenvalue weighted by atomic mass is 10.1. The Hall–Kier alpha value is -1.62. The van der Waals surface area contributed by atoms with Crippen molar-refractivity contribution < 1.29 is 22.7 Å². The maximum atomic E-state index is 12.5. The summed E-state index contributed by atoms with van der Waals surface area (Å²) in [5.74, 6) is 0. The summed E-state index contributed by atoms with van der Waals surface area (Å²) >= 11 is 0. The predicted molar refractivity (Wildman–Crippen MR) is 54.3 cm³/mol. The number of carbonyl (C=O) groups is 1. The van der Waals surface area contributed by atoms with Crippen LogP contribution in [0.3, 0.4) is 0 Å². The van der Waals surface area contributed by atoms with Gasteiger partial charge in [0.15, 0.2) is 0 Å². The first-order valence-electron chi connectivity index (χ1n) is 4.97. The first kappa shape index (κ1) is 11.9. The van der Waals surface area contributed by atoms with Crippen LogP contribution < -0.4 is 0 Å². The monoisotopic (exact) mass is 242 g/mol. The lowest BCUT2D eigenvalue weighted by Crippen LogP contribution is -2.05. The predicted octanol–water partition coefficient (Wildman–Crippen LogP) is 2.90. The zero-order valence-corrected chi connectivity index (χ0v) is 8.65. The van der Waals surface area contributed by atoms with Crippen molar-refractivity contribution in [3.63, 3.8) is 0 Å². The number of aldehydes is 1. The summed E-state index contributed by atoms with van der Waals surface area (Å²) in [5.41, 5.74) is -0.219. The molecule has 0 saturated carbocycles. The fourth-order valence-corrected chi connectivity index (χ4v) is 1.59. The lowest BCUT2D eigenvalue weighted by molar-refractivity contribution is -0.137. The third-order valence-corrected chi connectivity index (χ3v) is 2.45. The molecule has 0 unspecified atom stereocenters. The van der Waals surface area contributed by atoms with E-state index in [0.717, 1.165) is 12.1 Å². The van der Waals surface area contributed by atoms with Crippen LogP contribution in [0.1, 0.15) is 17.2 Å². The van der Waals surface area contributed by atoms with E-state index in [1.807, 2.05) is 0 Å². The second kappa shape index (κ2) is 4.33. The van der Waals surface area contributed by atoms with Crippen LogP contribution in [-0.4, -0.2) is 12.4 Å². The zero-order valence-electron chi connectivity index (χ0n) is 8.65. The molecule has 2 rings (SSSR count). The van der Waals surface area contributed by atoms with Gasteiger partial charge in [-0.1, -0.05) is 12.1 Å². The summed E-state index contributed by atoms with van der Waals surface area (Å²) in [6, 6.07) is 5.01. The maximum absolute atomic E-state index is 12.5. The van der Waals surface area contributed by atoms with Gasteiger partial charge in [-0.3, -0.25) is 4.79 Å². The molecule has 2 nitrogen and oxygen atoms in total. The van der Waals surface area contributed by atoms with Crippen LogP contribution in [0, 0.1) is 0 Å². The van der Waals surface area contributed by atoms with Gasteiger partial charge in [-0.05, 0) is 29.8 Å². The van der Waals surface area contributed by atoms with Gasteiger partial charge >= 0.3 is 6.18 Å². The Balaban J connectivity index is 2.14. The summed E-state index contributed by atoms with van der Waals surface area (Å²) in [7, 11) is 0. The van der Waals surface area contributed by atoms with Gasteiger partial charge in [0.05, 0.1) is 5.56 Å². The molecule has 0 amide bonds. The van der Waals surface area contributed by atoms with E-state index in [1.54, 1.807) is 6.07 Å². The molecular weight excluding hydrogens is 233 g/mol. The van der Waals surface area contributed by atoms with Gasteiger partial charge in [0.25, 0.3) is 0 Å². The van der Waals surface area contributed by atoms with Crippen LogP contribution >= 0.6 is 0 Å². The first-order valence-corrected chi connectivity index (χ1v) is 4.97. The van der Waals surface area contributed by atoms with E-state index in [-0.39, 0.29) is 12.2 Å². The zero-order chi connectivity index (χ0) is 12.5. The van der Waals surface area contributed by atoms with Gasteiger partial charge in [-0.15, -0.1) is 0 Å². The molecule has 17 heavy (non-hydrogen) atoms. The molecule has 1 fully saturated rings. The second-order valence-corrected chi connectivity index (χ2v) is 3.67. The highest BCUT2D eigenvalue weighted by molar-refractivity contribution is 5.65. The SMILES string of the molecule is O=C/C=C/[C@H]1O[C@@H]1c1cccc(C(F)(F)F)c1. The summed E-state index contributed by atoms with van der Waals surface area (Å²) in [6.07, 6.45) is -1.63. The van der Waals surface area contributed by atoms with Gasteiger partial charge in [-0.2, -0.15) is 13.2 Å². The average molecular weight is 242 g/mol. The molecule has 1 aliphatic heterocycles. The quantitative estimate of drug-likeness (QED) is 0.463. The van der Waals surface area contributed by atoms with E-state index in [4.69, 9.17) is 4.74 Å². The average Bonchev–Trinajstić information content (AvgIpc) is 3.05. The molecule has 0 spiro atoms. The molecule has 2 atom stereocenters. The highest BCUT2D eigenvalue weighted by Gasteiger charge is 2.39. The van der Waals surface area contributed by atoms with Gasteiger partial charge in [0.2, 0.25) is 0 Å². The van der Waals surface area contributed by atoms with Gasteiger partial charge in [0.1, 0.15) is 18.5 Å². The Kier molecular flexibility index (Phi) is 3.02. The highest BCUT2D eigenvalue weighted by Crippen LogP contribution is 2.41. The summed E-state index contributed by atoms with van der Waals surface area (Å²) in [6.45, 7) is 0. The summed E-state index contributed by atoms with van der Waals surface area (Å²) in [5, 5.41) is 0. The Morgan fingerprint density at radius 1 is 1.29 bits per heavy atom. The van der Waals surface area contributed by atoms with Crippen molar-refractivity contribution in [2.45, 2.75) is 18.4 Å². The molecule has 0 aromatic heterocycles.